The van der Waals surface area contributed by atoms with E-state index in [0.29, 0.717) is 6.04 Å². The van der Waals surface area contributed by atoms with Gasteiger partial charge in [-0.1, -0.05) is 20.3 Å². The molecule has 0 aliphatic heterocycles. The smallest absolute Gasteiger partial charge is 0.126 e. The van der Waals surface area contributed by atoms with Crippen molar-refractivity contribution in [2.75, 3.05) is 5.32 Å². The molecular weight excluding hydrogens is 276 g/mol. The third-order valence-electron chi connectivity index (χ3n) is 4.11. The first kappa shape index (κ1) is 12.9. The van der Waals surface area contributed by atoms with Crippen LogP contribution in [0, 0.1) is 18.8 Å². The predicted molar refractivity (Wildman–Crippen MR) is 76.3 cm³/mol. The highest BCUT2D eigenvalue weighted by Gasteiger charge is 2.31. The number of nitrogens with zero attached hydrogens (tertiary/aromatic N) is 1. The Balaban J connectivity index is 2.04. The molecule has 3 unspecified atom stereocenters. The molecule has 0 saturated heterocycles. The summed E-state index contributed by atoms with van der Waals surface area (Å²) in [6, 6.07) is 4.72. The van der Waals surface area contributed by atoms with Gasteiger partial charge in [0.15, 0.2) is 0 Å². The summed E-state index contributed by atoms with van der Waals surface area (Å²) >= 11 is 3.48. The molecule has 1 aliphatic rings. The van der Waals surface area contributed by atoms with Crippen LogP contribution in [0.5, 0.6) is 0 Å². The molecule has 1 fully saturated rings. The average molecular weight is 297 g/mol. The molecule has 1 aromatic rings. The molecule has 1 heterocycles. The number of halogens is 1. The lowest BCUT2D eigenvalue weighted by Crippen LogP contribution is -2.25. The van der Waals surface area contributed by atoms with E-state index < -0.39 is 0 Å². The van der Waals surface area contributed by atoms with Gasteiger partial charge in [0.2, 0.25) is 0 Å². The van der Waals surface area contributed by atoms with Crippen LogP contribution in [-0.4, -0.2) is 11.0 Å². The minimum Gasteiger partial charge on any atom is -0.367 e. The Morgan fingerprint density at radius 3 is 2.76 bits per heavy atom. The highest BCUT2D eigenvalue weighted by atomic mass is 79.9. The molecule has 2 nitrogen and oxygen atoms in total. The highest BCUT2D eigenvalue weighted by Crippen LogP contribution is 2.35. The normalized spacial score (nSPS) is 28.4. The van der Waals surface area contributed by atoms with Crippen molar-refractivity contribution in [3.05, 3.63) is 22.3 Å². The lowest BCUT2D eigenvalue weighted by atomic mass is 9.93. The number of aromatic nitrogens is 1. The Morgan fingerprint density at radius 1 is 1.41 bits per heavy atom. The number of hydrogen-bond acceptors (Lipinski definition) is 2. The van der Waals surface area contributed by atoms with Crippen molar-refractivity contribution in [2.45, 2.75) is 46.1 Å². The second kappa shape index (κ2) is 5.38. The van der Waals surface area contributed by atoms with E-state index >= 15 is 0 Å². The number of aryl methyl sites for hydroxylation is 1. The van der Waals surface area contributed by atoms with Gasteiger partial charge in [-0.2, -0.15) is 0 Å². The summed E-state index contributed by atoms with van der Waals surface area (Å²) in [6.45, 7) is 6.69. The topological polar surface area (TPSA) is 24.9 Å². The molecule has 1 aromatic heterocycles. The van der Waals surface area contributed by atoms with Gasteiger partial charge in [-0.05, 0) is 59.7 Å². The molecule has 2 rings (SSSR count). The highest BCUT2D eigenvalue weighted by molar-refractivity contribution is 9.10. The first-order valence-corrected chi connectivity index (χ1v) is 7.30. The molecule has 0 aromatic carbocycles. The fraction of sp³-hybridized carbons (Fsp3) is 0.643. The van der Waals surface area contributed by atoms with E-state index in [-0.39, 0.29) is 0 Å². The van der Waals surface area contributed by atoms with Gasteiger partial charge in [-0.25, -0.2) is 4.98 Å². The van der Waals surface area contributed by atoms with E-state index in [0.717, 1.165) is 27.8 Å². The molecule has 0 radical (unpaired) electrons. The Bertz CT molecular complexity index is 392. The molecule has 1 N–H and O–H groups in total. The molecule has 1 saturated carbocycles. The fourth-order valence-electron chi connectivity index (χ4n) is 2.84. The summed E-state index contributed by atoms with van der Waals surface area (Å²) in [7, 11) is 0. The van der Waals surface area contributed by atoms with Crippen molar-refractivity contribution in [1.29, 1.82) is 0 Å². The summed E-state index contributed by atoms with van der Waals surface area (Å²) in [4.78, 5) is 4.56. The third kappa shape index (κ3) is 2.82. The average Bonchev–Trinajstić information content (AvgIpc) is 2.65. The van der Waals surface area contributed by atoms with Gasteiger partial charge in [-0.15, -0.1) is 0 Å². The van der Waals surface area contributed by atoms with Crippen molar-refractivity contribution in [3.8, 4) is 0 Å². The molecule has 1 aliphatic carbocycles. The van der Waals surface area contributed by atoms with Crippen LogP contribution in [0.1, 0.15) is 38.8 Å². The summed E-state index contributed by atoms with van der Waals surface area (Å²) in [5.41, 5.74) is 1.05. The minimum absolute atomic E-state index is 0.591. The summed E-state index contributed by atoms with van der Waals surface area (Å²) in [6.07, 6.45) is 3.92. The molecule has 0 amide bonds. The standard InChI is InChI=1S/C14H21BrN2/c1-4-11-5-7-13(9(11)2)17-14-8-6-12(15)10(3)16-14/h6,8-9,11,13H,4-5,7H2,1-3H3,(H,16,17). The molecular formula is C14H21BrN2. The predicted octanol–water partition coefficient (Wildman–Crippen LogP) is 4.39. The van der Waals surface area contributed by atoms with Crippen molar-refractivity contribution in [1.82, 2.24) is 4.98 Å². The van der Waals surface area contributed by atoms with Crippen LogP contribution in [0.4, 0.5) is 5.82 Å². The molecule has 17 heavy (non-hydrogen) atoms. The van der Waals surface area contributed by atoms with Crippen LogP contribution >= 0.6 is 15.9 Å². The van der Waals surface area contributed by atoms with Gasteiger partial charge in [0.05, 0.1) is 5.69 Å². The molecule has 0 bridgehead atoms. The zero-order chi connectivity index (χ0) is 12.4. The molecule has 3 atom stereocenters. The Hall–Kier alpha value is -0.570. The lowest BCUT2D eigenvalue weighted by Gasteiger charge is -2.21. The maximum absolute atomic E-state index is 4.56. The first-order valence-electron chi connectivity index (χ1n) is 6.51. The van der Waals surface area contributed by atoms with E-state index in [2.05, 4.69) is 52.2 Å². The van der Waals surface area contributed by atoms with Gasteiger partial charge < -0.3 is 5.32 Å². The maximum Gasteiger partial charge on any atom is 0.126 e. The van der Waals surface area contributed by atoms with Crippen molar-refractivity contribution in [2.24, 2.45) is 11.8 Å². The largest absolute Gasteiger partial charge is 0.367 e. The third-order valence-corrected chi connectivity index (χ3v) is 4.94. The Morgan fingerprint density at radius 2 is 2.18 bits per heavy atom. The van der Waals surface area contributed by atoms with Crippen LogP contribution in [0.3, 0.4) is 0 Å². The molecule has 94 valence electrons. The van der Waals surface area contributed by atoms with Gasteiger partial charge in [0, 0.05) is 10.5 Å². The number of rotatable bonds is 3. The number of pyridine rings is 1. The summed E-state index contributed by atoms with van der Waals surface area (Å²) in [5, 5.41) is 3.59. The second-order valence-electron chi connectivity index (χ2n) is 5.12. The van der Waals surface area contributed by atoms with Gasteiger partial charge in [0.1, 0.15) is 5.82 Å². The van der Waals surface area contributed by atoms with Crippen LogP contribution in [0.25, 0.3) is 0 Å². The van der Waals surface area contributed by atoms with Gasteiger partial charge in [-0.3, -0.25) is 0 Å². The number of hydrogen-bond donors (Lipinski definition) is 1. The monoisotopic (exact) mass is 296 g/mol. The Labute approximate surface area is 112 Å². The van der Waals surface area contributed by atoms with E-state index in [1.54, 1.807) is 0 Å². The van der Waals surface area contributed by atoms with Gasteiger partial charge in [0.25, 0.3) is 0 Å². The second-order valence-corrected chi connectivity index (χ2v) is 5.97. The van der Waals surface area contributed by atoms with Crippen LogP contribution in [-0.2, 0) is 0 Å². The first-order chi connectivity index (χ1) is 8.11. The Kier molecular flexibility index (Phi) is 4.08. The molecule has 0 spiro atoms. The van der Waals surface area contributed by atoms with Gasteiger partial charge >= 0.3 is 0 Å². The number of nitrogens with one attached hydrogen (secondary N) is 1. The van der Waals surface area contributed by atoms with E-state index in [4.69, 9.17) is 0 Å². The minimum atomic E-state index is 0.591. The van der Waals surface area contributed by atoms with E-state index in [1.165, 1.54) is 19.3 Å². The van der Waals surface area contributed by atoms with Crippen LogP contribution < -0.4 is 5.32 Å². The van der Waals surface area contributed by atoms with Crippen molar-refractivity contribution >= 4 is 21.7 Å². The van der Waals surface area contributed by atoms with Crippen LogP contribution in [0.2, 0.25) is 0 Å². The van der Waals surface area contributed by atoms with E-state index in [1.807, 2.05) is 6.92 Å². The van der Waals surface area contributed by atoms with Crippen molar-refractivity contribution in [3.63, 3.8) is 0 Å². The van der Waals surface area contributed by atoms with E-state index in [9.17, 15) is 0 Å². The summed E-state index contributed by atoms with van der Waals surface area (Å²) < 4.78 is 1.08. The quantitative estimate of drug-likeness (QED) is 0.895. The lowest BCUT2D eigenvalue weighted by molar-refractivity contribution is 0.391. The summed E-state index contributed by atoms with van der Waals surface area (Å²) in [5.74, 6) is 2.65. The fourth-order valence-corrected chi connectivity index (χ4v) is 3.06. The number of anilines is 1. The zero-order valence-electron chi connectivity index (χ0n) is 10.8. The van der Waals surface area contributed by atoms with Crippen molar-refractivity contribution < 1.29 is 0 Å². The molecule has 3 heteroatoms. The SMILES string of the molecule is CCC1CCC(Nc2ccc(Br)c(C)n2)C1C. The zero-order valence-corrected chi connectivity index (χ0v) is 12.4. The maximum atomic E-state index is 4.56. The van der Waals surface area contributed by atoms with Crippen LogP contribution in [0.15, 0.2) is 16.6 Å².